The molecule has 2 nitrogen and oxygen atoms in total. The Balaban J connectivity index is 3.68. The Bertz CT molecular complexity index is 101. The Morgan fingerprint density at radius 3 is 2.00 bits per heavy atom. The molecule has 40 valence electrons. The summed E-state index contributed by atoms with van der Waals surface area (Å²) in [6.07, 6.45) is 1.50. The standard InChI is InChI=1S/C5H9NO/c1-4(6)3-5(2)7/h3,6-7H,1-2H3/p+1/b5-3-,6-4?. The van der Waals surface area contributed by atoms with E-state index in [-0.39, 0.29) is 0 Å². The van der Waals surface area contributed by atoms with E-state index in [0.29, 0.717) is 11.5 Å². The molecule has 0 aliphatic heterocycles. The molecule has 0 saturated heterocycles. The molecule has 0 heterocycles. The molecule has 0 aliphatic rings. The van der Waals surface area contributed by atoms with Crippen LogP contribution in [0.2, 0.25) is 0 Å². The quantitative estimate of drug-likeness (QED) is 0.286. The van der Waals surface area contributed by atoms with Crippen molar-refractivity contribution in [3.05, 3.63) is 11.8 Å². The third-order valence-electron chi connectivity index (χ3n) is 0.433. The molecule has 0 amide bonds. The number of hydrogen-bond donors (Lipinski definition) is 1. The molecule has 0 spiro atoms. The molecule has 0 radical (unpaired) electrons. The minimum absolute atomic E-state index is 0.438. The van der Waals surface area contributed by atoms with Crippen LogP contribution < -0.4 is 0 Å². The fraction of sp³-hybridized carbons (Fsp3) is 0.400. The van der Waals surface area contributed by atoms with E-state index in [9.17, 15) is 0 Å². The van der Waals surface area contributed by atoms with Crippen molar-refractivity contribution in [2.24, 2.45) is 0 Å². The maximum Gasteiger partial charge on any atom is 0.227 e. The van der Waals surface area contributed by atoms with E-state index in [4.69, 9.17) is 10.5 Å². The molecule has 0 aromatic rings. The van der Waals surface area contributed by atoms with Gasteiger partial charge in [-0.1, -0.05) is 0 Å². The van der Waals surface area contributed by atoms with Crippen molar-refractivity contribution >= 4 is 5.71 Å². The van der Waals surface area contributed by atoms with Crippen molar-refractivity contribution < 1.29 is 5.11 Å². The third-order valence-corrected chi connectivity index (χ3v) is 0.433. The van der Waals surface area contributed by atoms with Crippen LogP contribution >= 0.6 is 0 Å². The van der Waals surface area contributed by atoms with Gasteiger partial charge in [-0.15, -0.1) is 0 Å². The van der Waals surface area contributed by atoms with E-state index in [1.165, 1.54) is 6.08 Å². The first-order valence-corrected chi connectivity index (χ1v) is 2.08. The average molecular weight is 100 g/mol. The first-order valence-electron chi connectivity index (χ1n) is 2.08. The van der Waals surface area contributed by atoms with Gasteiger partial charge < -0.3 is 10.5 Å². The highest BCUT2D eigenvalue weighted by molar-refractivity contribution is 5.90. The number of rotatable bonds is 1. The molecule has 7 heavy (non-hydrogen) atoms. The lowest BCUT2D eigenvalue weighted by atomic mass is 10.4. The molecule has 3 N–H and O–H groups in total. The Morgan fingerprint density at radius 1 is 1.57 bits per heavy atom. The van der Waals surface area contributed by atoms with Crippen LogP contribution in [0.5, 0.6) is 0 Å². The zero-order valence-corrected chi connectivity index (χ0v) is 4.58. The highest BCUT2D eigenvalue weighted by Gasteiger charge is 1.83. The molecule has 0 aromatic heterocycles. The SMILES string of the molecule is CC(=N)/C=C(/C)[OH2+]. The van der Waals surface area contributed by atoms with E-state index >= 15 is 0 Å². The Morgan fingerprint density at radius 2 is 2.00 bits per heavy atom. The Kier molecular flexibility index (Phi) is 2.12. The summed E-state index contributed by atoms with van der Waals surface area (Å²) < 4.78 is 0. The zero-order valence-electron chi connectivity index (χ0n) is 4.58. The molecule has 0 saturated carbocycles. The van der Waals surface area contributed by atoms with E-state index in [2.05, 4.69) is 0 Å². The monoisotopic (exact) mass is 100 g/mol. The van der Waals surface area contributed by atoms with Crippen molar-refractivity contribution in [1.29, 1.82) is 5.41 Å². The topological polar surface area (TPSA) is 46.8 Å². The summed E-state index contributed by atoms with van der Waals surface area (Å²) in [6, 6.07) is 0. The maximum absolute atomic E-state index is 6.83. The number of allylic oxidation sites excluding steroid dienone is 2. The largest absolute Gasteiger partial charge is 0.597 e. The first kappa shape index (κ1) is 6.21. The minimum Gasteiger partial charge on any atom is -0.597 e. The van der Waals surface area contributed by atoms with Crippen molar-refractivity contribution in [2.45, 2.75) is 13.8 Å². The maximum atomic E-state index is 6.83. The predicted octanol–water partition coefficient (Wildman–Crippen LogP) is 0.654. The van der Waals surface area contributed by atoms with Gasteiger partial charge in [0.1, 0.15) is 0 Å². The van der Waals surface area contributed by atoms with Crippen LogP contribution in [0.25, 0.3) is 0 Å². The lowest BCUT2D eigenvalue weighted by Gasteiger charge is -1.79. The number of nitrogens with one attached hydrogen (secondary N) is 1. The van der Waals surface area contributed by atoms with Gasteiger partial charge in [0.2, 0.25) is 5.76 Å². The van der Waals surface area contributed by atoms with Crippen LogP contribution in [0.15, 0.2) is 11.8 Å². The molecule has 0 atom stereocenters. The molecule has 2 heteroatoms. The van der Waals surface area contributed by atoms with Crippen molar-refractivity contribution in [2.75, 3.05) is 0 Å². The second-order valence-electron chi connectivity index (χ2n) is 1.51. The summed E-state index contributed by atoms with van der Waals surface area (Å²) >= 11 is 0. The summed E-state index contributed by atoms with van der Waals surface area (Å²) in [7, 11) is 0. The third kappa shape index (κ3) is 5.21. The minimum atomic E-state index is 0.438. The molecular formula is C5H10NO+. The van der Waals surface area contributed by atoms with Gasteiger partial charge in [0.15, 0.2) is 0 Å². The van der Waals surface area contributed by atoms with Gasteiger partial charge in [-0.3, -0.25) is 0 Å². The lowest BCUT2D eigenvalue weighted by Crippen LogP contribution is -1.81. The fourth-order valence-electron chi connectivity index (χ4n) is 0.325. The van der Waals surface area contributed by atoms with Gasteiger partial charge in [0.05, 0.1) is 0 Å². The summed E-state index contributed by atoms with van der Waals surface area (Å²) in [5, 5.41) is 13.7. The van der Waals surface area contributed by atoms with Gasteiger partial charge >= 0.3 is 0 Å². The Labute approximate surface area is 43.0 Å². The second-order valence-corrected chi connectivity index (χ2v) is 1.51. The molecule has 0 unspecified atom stereocenters. The number of hydrogen-bond acceptors (Lipinski definition) is 1. The van der Waals surface area contributed by atoms with Crippen molar-refractivity contribution in [3.63, 3.8) is 0 Å². The molecular weight excluding hydrogens is 90.1 g/mol. The normalized spacial score (nSPS) is 11.4. The van der Waals surface area contributed by atoms with Crippen molar-refractivity contribution in [1.82, 2.24) is 0 Å². The van der Waals surface area contributed by atoms with Crippen LogP contribution in [0.3, 0.4) is 0 Å². The summed E-state index contributed by atoms with van der Waals surface area (Å²) in [6.45, 7) is 3.30. The van der Waals surface area contributed by atoms with Crippen LogP contribution in [0.4, 0.5) is 0 Å². The van der Waals surface area contributed by atoms with Gasteiger partial charge in [0, 0.05) is 18.7 Å². The first-order chi connectivity index (χ1) is 3.13. The molecule has 0 rings (SSSR count). The van der Waals surface area contributed by atoms with Crippen molar-refractivity contribution in [3.8, 4) is 0 Å². The Hall–Kier alpha value is -0.790. The van der Waals surface area contributed by atoms with Crippen LogP contribution in [-0.4, -0.2) is 10.8 Å². The smallest absolute Gasteiger partial charge is 0.227 e. The van der Waals surface area contributed by atoms with Gasteiger partial charge in [-0.2, -0.15) is 0 Å². The lowest BCUT2D eigenvalue weighted by molar-refractivity contribution is 0.415. The van der Waals surface area contributed by atoms with Gasteiger partial charge in [-0.25, -0.2) is 0 Å². The van der Waals surface area contributed by atoms with Crippen LogP contribution in [0.1, 0.15) is 13.8 Å². The highest BCUT2D eigenvalue weighted by atomic mass is 16.3. The summed E-state index contributed by atoms with van der Waals surface area (Å²) in [5.41, 5.74) is 0.438. The van der Waals surface area contributed by atoms with Gasteiger partial charge in [-0.05, 0) is 6.92 Å². The zero-order chi connectivity index (χ0) is 5.86. The van der Waals surface area contributed by atoms with E-state index in [1.54, 1.807) is 13.8 Å². The molecule has 0 bridgehead atoms. The van der Waals surface area contributed by atoms with Gasteiger partial charge in [0.25, 0.3) is 0 Å². The highest BCUT2D eigenvalue weighted by Crippen LogP contribution is 1.82. The van der Waals surface area contributed by atoms with E-state index in [0.717, 1.165) is 0 Å². The van der Waals surface area contributed by atoms with E-state index < -0.39 is 0 Å². The van der Waals surface area contributed by atoms with Crippen LogP contribution in [0, 0.1) is 5.41 Å². The second kappa shape index (κ2) is 2.39. The molecule has 0 fully saturated rings. The summed E-state index contributed by atoms with van der Waals surface area (Å²) in [5.74, 6) is 0.438. The molecule has 0 aliphatic carbocycles. The molecule has 0 aromatic carbocycles. The summed E-state index contributed by atoms with van der Waals surface area (Å²) in [4.78, 5) is 0. The van der Waals surface area contributed by atoms with Crippen LogP contribution in [-0.2, 0) is 0 Å². The fourth-order valence-corrected chi connectivity index (χ4v) is 0.325. The van der Waals surface area contributed by atoms with E-state index in [1.807, 2.05) is 0 Å². The average Bonchev–Trinajstić information content (AvgIpc) is 1.27. The predicted molar refractivity (Wildman–Crippen MR) is 30.8 cm³/mol.